The van der Waals surface area contributed by atoms with Gasteiger partial charge in [0.1, 0.15) is 5.82 Å². The van der Waals surface area contributed by atoms with Crippen molar-refractivity contribution in [2.75, 3.05) is 25.1 Å². The minimum absolute atomic E-state index is 0.347. The molecule has 0 bridgehead atoms. The quantitative estimate of drug-likeness (QED) is 0.809. The Morgan fingerprint density at radius 3 is 3.06 bits per heavy atom. The summed E-state index contributed by atoms with van der Waals surface area (Å²) >= 11 is 0. The Morgan fingerprint density at radius 1 is 1.39 bits per heavy atom. The molecule has 3 rings (SSSR count). The van der Waals surface area contributed by atoms with Gasteiger partial charge in [0, 0.05) is 31.8 Å². The molecule has 1 aliphatic heterocycles. The fourth-order valence-electron chi connectivity index (χ4n) is 2.61. The number of methoxy groups -OCH3 is 1. The van der Waals surface area contributed by atoms with Gasteiger partial charge in [-0.2, -0.15) is 0 Å². The minimum atomic E-state index is 0.347. The van der Waals surface area contributed by atoms with Crippen molar-refractivity contribution >= 4 is 16.6 Å². The molecular weight excluding hydrogens is 224 g/mol. The van der Waals surface area contributed by atoms with Crippen molar-refractivity contribution in [1.29, 1.82) is 0 Å². The fraction of sp³-hybridized carbons (Fsp3) is 0.400. The molecule has 2 heterocycles. The number of pyridine rings is 1. The van der Waals surface area contributed by atoms with Crippen molar-refractivity contribution in [2.45, 2.75) is 19.4 Å². The summed E-state index contributed by atoms with van der Waals surface area (Å²) in [7, 11) is 1.78. The molecule has 18 heavy (non-hydrogen) atoms. The highest BCUT2D eigenvalue weighted by Crippen LogP contribution is 2.24. The summed E-state index contributed by atoms with van der Waals surface area (Å²) in [4.78, 5) is 6.89. The lowest BCUT2D eigenvalue weighted by Gasteiger charge is -2.17. The summed E-state index contributed by atoms with van der Waals surface area (Å²) in [5, 5.41) is 2.50. The second-order valence-corrected chi connectivity index (χ2v) is 4.93. The summed E-state index contributed by atoms with van der Waals surface area (Å²) < 4.78 is 5.40. The van der Waals surface area contributed by atoms with Gasteiger partial charge >= 0.3 is 0 Å². The second kappa shape index (κ2) is 4.58. The van der Waals surface area contributed by atoms with Crippen LogP contribution in [0, 0.1) is 6.92 Å². The van der Waals surface area contributed by atoms with E-state index in [1.54, 1.807) is 7.11 Å². The Hall–Kier alpha value is -1.61. The van der Waals surface area contributed by atoms with Crippen molar-refractivity contribution in [3.63, 3.8) is 0 Å². The summed E-state index contributed by atoms with van der Waals surface area (Å²) in [5.74, 6) is 1.06. The smallest absolute Gasteiger partial charge is 0.129 e. The van der Waals surface area contributed by atoms with Crippen LogP contribution < -0.4 is 4.90 Å². The zero-order valence-electron chi connectivity index (χ0n) is 10.9. The number of rotatable bonds is 2. The number of aromatic nitrogens is 1. The standard InChI is InChI=1S/C15H18N2O/c1-11-4-3-5-12-8-15(16-9-14(11)12)17-7-6-13(10-17)18-2/h3-5,8-9,13H,6-7,10H2,1-2H3/t13-/m0/s1. The molecule has 0 radical (unpaired) electrons. The molecule has 3 nitrogen and oxygen atoms in total. The molecule has 1 aliphatic rings. The third kappa shape index (κ3) is 1.95. The van der Waals surface area contributed by atoms with Crippen molar-refractivity contribution < 1.29 is 4.74 Å². The van der Waals surface area contributed by atoms with Crippen molar-refractivity contribution in [1.82, 2.24) is 4.98 Å². The van der Waals surface area contributed by atoms with Crippen LogP contribution >= 0.6 is 0 Å². The maximum Gasteiger partial charge on any atom is 0.129 e. The number of fused-ring (bicyclic) bond motifs is 1. The van der Waals surface area contributed by atoms with Crippen molar-refractivity contribution in [3.8, 4) is 0 Å². The molecule has 0 aliphatic carbocycles. The Bertz CT molecular complexity index is 567. The first-order valence-corrected chi connectivity index (χ1v) is 6.41. The van der Waals surface area contributed by atoms with E-state index in [0.717, 1.165) is 25.3 Å². The molecule has 1 saturated heterocycles. The van der Waals surface area contributed by atoms with Gasteiger partial charge in [-0.05, 0) is 30.4 Å². The first-order chi connectivity index (χ1) is 8.78. The molecule has 0 unspecified atom stereocenters. The van der Waals surface area contributed by atoms with Crippen LogP contribution in [0.15, 0.2) is 30.5 Å². The Balaban J connectivity index is 1.94. The largest absolute Gasteiger partial charge is 0.380 e. The van der Waals surface area contributed by atoms with E-state index in [-0.39, 0.29) is 0 Å². The molecule has 1 aromatic carbocycles. The van der Waals surface area contributed by atoms with Gasteiger partial charge in [-0.1, -0.05) is 18.2 Å². The topological polar surface area (TPSA) is 25.4 Å². The zero-order valence-corrected chi connectivity index (χ0v) is 10.9. The van der Waals surface area contributed by atoms with E-state index >= 15 is 0 Å². The van der Waals surface area contributed by atoms with Crippen LogP contribution in [0.4, 0.5) is 5.82 Å². The van der Waals surface area contributed by atoms with Gasteiger partial charge in [0.15, 0.2) is 0 Å². The Morgan fingerprint density at radius 2 is 2.28 bits per heavy atom. The predicted molar refractivity (Wildman–Crippen MR) is 74.1 cm³/mol. The molecule has 0 N–H and O–H groups in total. The number of hydrogen-bond donors (Lipinski definition) is 0. The first kappa shape index (κ1) is 11.5. The van der Waals surface area contributed by atoms with E-state index in [9.17, 15) is 0 Å². The van der Waals surface area contributed by atoms with Gasteiger partial charge in [0.25, 0.3) is 0 Å². The van der Waals surface area contributed by atoms with Crippen LogP contribution in [-0.2, 0) is 4.74 Å². The molecule has 0 spiro atoms. The van der Waals surface area contributed by atoms with E-state index in [4.69, 9.17) is 4.74 Å². The van der Waals surface area contributed by atoms with Gasteiger partial charge in [-0.25, -0.2) is 4.98 Å². The number of nitrogens with zero attached hydrogens (tertiary/aromatic N) is 2. The van der Waals surface area contributed by atoms with Crippen molar-refractivity contribution in [3.05, 3.63) is 36.0 Å². The van der Waals surface area contributed by atoms with Gasteiger partial charge in [-0.15, -0.1) is 0 Å². The lowest BCUT2D eigenvalue weighted by Crippen LogP contribution is -2.22. The van der Waals surface area contributed by atoms with E-state index in [1.807, 2.05) is 6.20 Å². The SMILES string of the molecule is CO[C@H]1CCN(c2cc3cccc(C)c3cn2)C1. The maximum atomic E-state index is 5.40. The van der Waals surface area contributed by atoms with Gasteiger partial charge in [0.05, 0.1) is 6.10 Å². The number of ether oxygens (including phenoxy) is 1. The van der Waals surface area contributed by atoms with Crippen LogP contribution in [0.25, 0.3) is 10.8 Å². The monoisotopic (exact) mass is 242 g/mol. The van der Waals surface area contributed by atoms with Gasteiger partial charge in [0.2, 0.25) is 0 Å². The summed E-state index contributed by atoms with van der Waals surface area (Å²) in [6, 6.07) is 8.56. The predicted octanol–water partition coefficient (Wildman–Crippen LogP) is 2.77. The van der Waals surface area contributed by atoms with E-state index in [0.29, 0.717) is 6.10 Å². The van der Waals surface area contributed by atoms with Crippen LogP contribution in [-0.4, -0.2) is 31.3 Å². The van der Waals surface area contributed by atoms with Crippen LogP contribution in [0.5, 0.6) is 0 Å². The van der Waals surface area contributed by atoms with Gasteiger partial charge in [-0.3, -0.25) is 0 Å². The zero-order chi connectivity index (χ0) is 12.5. The molecule has 94 valence electrons. The highest BCUT2D eigenvalue weighted by Gasteiger charge is 2.23. The van der Waals surface area contributed by atoms with E-state index in [2.05, 4.69) is 41.1 Å². The van der Waals surface area contributed by atoms with E-state index < -0.39 is 0 Å². The highest BCUT2D eigenvalue weighted by molar-refractivity contribution is 5.86. The van der Waals surface area contributed by atoms with Crippen LogP contribution in [0.1, 0.15) is 12.0 Å². The number of benzene rings is 1. The first-order valence-electron chi connectivity index (χ1n) is 6.41. The molecule has 1 atom stereocenters. The van der Waals surface area contributed by atoms with Crippen LogP contribution in [0.3, 0.4) is 0 Å². The molecule has 2 aromatic rings. The molecule has 1 aromatic heterocycles. The molecule has 0 saturated carbocycles. The molecule has 3 heteroatoms. The number of hydrogen-bond acceptors (Lipinski definition) is 3. The van der Waals surface area contributed by atoms with Crippen LogP contribution in [0.2, 0.25) is 0 Å². The summed E-state index contributed by atoms with van der Waals surface area (Å²) in [5.41, 5.74) is 1.28. The Kier molecular flexibility index (Phi) is 2.92. The normalized spacial score (nSPS) is 19.7. The van der Waals surface area contributed by atoms with Gasteiger partial charge < -0.3 is 9.64 Å². The Labute approximate surface area is 107 Å². The maximum absolute atomic E-state index is 5.40. The lowest BCUT2D eigenvalue weighted by atomic mass is 10.1. The molecule has 1 fully saturated rings. The number of aryl methyl sites for hydroxylation is 1. The lowest BCUT2D eigenvalue weighted by molar-refractivity contribution is 0.121. The minimum Gasteiger partial charge on any atom is -0.380 e. The highest BCUT2D eigenvalue weighted by atomic mass is 16.5. The van der Waals surface area contributed by atoms with Crippen molar-refractivity contribution in [2.24, 2.45) is 0 Å². The average molecular weight is 242 g/mol. The second-order valence-electron chi connectivity index (χ2n) is 4.93. The van der Waals surface area contributed by atoms with E-state index in [1.165, 1.54) is 16.3 Å². The summed E-state index contributed by atoms with van der Waals surface area (Å²) in [6.07, 6.45) is 3.42. The third-order valence-electron chi connectivity index (χ3n) is 3.77. The number of anilines is 1. The third-order valence-corrected chi connectivity index (χ3v) is 3.77. The summed E-state index contributed by atoms with van der Waals surface area (Å²) in [6.45, 7) is 4.10. The average Bonchev–Trinajstić information content (AvgIpc) is 2.87. The fourth-order valence-corrected chi connectivity index (χ4v) is 2.61. The molecular formula is C15H18N2O. The molecule has 0 amide bonds.